The number of carbonyl (C=O) groups excluding carboxylic acids is 1. The Hall–Kier alpha value is -4.41. The normalized spacial score (nSPS) is 11.4. The topological polar surface area (TPSA) is 85.2 Å². The monoisotopic (exact) mass is 510 g/mol. The summed E-state index contributed by atoms with van der Waals surface area (Å²) in [5.74, 6) is 0.243. The van der Waals surface area contributed by atoms with E-state index in [0.717, 1.165) is 28.8 Å². The molecule has 0 saturated carbocycles. The minimum Gasteiger partial charge on any atom is -0.406 e. The van der Waals surface area contributed by atoms with Gasteiger partial charge in [0.2, 0.25) is 0 Å². The van der Waals surface area contributed by atoms with Crippen molar-refractivity contribution in [2.75, 3.05) is 5.32 Å². The molecule has 8 nitrogen and oxygen atoms in total. The highest BCUT2D eigenvalue weighted by Gasteiger charge is 2.31. The molecule has 4 aromatic rings. The van der Waals surface area contributed by atoms with E-state index in [0.29, 0.717) is 23.7 Å². The molecule has 0 radical (unpaired) electrons. The lowest BCUT2D eigenvalue weighted by Gasteiger charge is -2.27. The Balaban J connectivity index is 1.45. The fourth-order valence-electron chi connectivity index (χ4n) is 3.58. The summed E-state index contributed by atoms with van der Waals surface area (Å²) < 4.78 is 42.6. The SMILES string of the molecule is Cc1cnn(-c2cnc(-c3cccc(CN(C(=O)Nc4ccc(OC(F)(F)F)cc4)C(C)C)c3)cn2)c1. The number of hydrogen-bond acceptors (Lipinski definition) is 5. The number of benzene rings is 2. The van der Waals surface area contributed by atoms with Crippen LogP contribution < -0.4 is 10.1 Å². The zero-order valence-corrected chi connectivity index (χ0v) is 20.4. The molecule has 2 aromatic heterocycles. The van der Waals surface area contributed by atoms with E-state index in [-0.39, 0.29) is 17.8 Å². The molecule has 0 aliphatic rings. The molecular weight excluding hydrogens is 485 g/mol. The summed E-state index contributed by atoms with van der Waals surface area (Å²) in [4.78, 5) is 23.6. The van der Waals surface area contributed by atoms with Crippen molar-refractivity contribution < 1.29 is 22.7 Å². The fraction of sp³-hybridized carbons (Fsp3) is 0.231. The van der Waals surface area contributed by atoms with Gasteiger partial charge in [0.1, 0.15) is 5.75 Å². The van der Waals surface area contributed by atoms with Crippen LogP contribution in [0.25, 0.3) is 17.1 Å². The number of anilines is 1. The molecule has 192 valence electrons. The van der Waals surface area contributed by atoms with Gasteiger partial charge in [0.25, 0.3) is 0 Å². The third kappa shape index (κ3) is 6.84. The highest BCUT2D eigenvalue weighted by Crippen LogP contribution is 2.25. The molecule has 0 unspecified atom stereocenters. The summed E-state index contributed by atoms with van der Waals surface area (Å²) in [6.07, 6.45) is 2.14. The molecule has 0 spiro atoms. The predicted octanol–water partition coefficient (Wildman–Crippen LogP) is 5.98. The van der Waals surface area contributed by atoms with Gasteiger partial charge in [-0.2, -0.15) is 5.10 Å². The van der Waals surface area contributed by atoms with Gasteiger partial charge in [-0.05, 0) is 62.2 Å². The molecular formula is C26H25F3N6O2. The molecule has 37 heavy (non-hydrogen) atoms. The Kier molecular flexibility index (Phi) is 7.42. The zero-order valence-electron chi connectivity index (χ0n) is 20.4. The third-order valence-electron chi connectivity index (χ3n) is 5.38. The van der Waals surface area contributed by atoms with Crippen molar-refractivity contribution in [1.82, 2.24) is 24.6 Å². The Morgan fingerprint density at radius 1 is 1.08 bits per heavy atom. The number of nitrogens with zero attached hydrogens (tertiary/aromatic N) is 5. The molecule has 2 heterocycles. The molecule has 0 aliphatic heterocycles. The van der Waals surface area contributed by atoms with E-state index in [9.17, 15) is 18.0 Å². The smallest absolute Gasteiger partial charge is 0.406 e. The number of hydrogen-bond donors (Lipinski definition) is 1. The van der Waals surface area contributed by atoms with Gasteiger partial charge < -0.3 is 15.0 Å². The first-order valence-corrected chi connectivity index (χ1v) is 11.4. The maximum Gasteiger partial charge on any atom is 0.573 e. The summed E-state index contributed by atoms with van der Waals surface area (Å²) in [5.41, 5.74) is 3.77. The lowest BCUT2D eigenvalue weighted by molar-refractivity contribution is -0.274. The van der Waals surface area contributed by atoms with Gasteiger partial charge in [0.15, 0.2) is 5.82 Å². The van der Waals surface area contributed by atoms with E-state index in [1.807, 2.05) is 51.2 Å². The lowest BCUT2D eigenvalue weighted by Crippen LogP contribution is -2.39. The van der Waals surface area contributed by atoms with Crippen molar-refractivity contribution in [3.8, 4) is 22.8 Å². The molecule has 4 rings (SSSR count). The van der Waals surface area contributed by atoms with Crippen molar-refractivity contribution in [2.24, 2.45) is 0 Å². The Morgan fingerprint density at radius 3 is 2.43 bits per heavy atom. The van der Waals surface area contributed by atoms with Gasteiger partial charge in [-0.1, -0.05) is 18.2 Å². The van der Waals surface area contributed by atoms with Gasteiger partial charge in [-0.3, -0.25) is 4.98 Å². The maximum absolute atomic E-state index is 13.0. The maximum atomic E-state index is 13.0. The van der Waals surface area contributed by atoms with Crippen molar-refractivity contribution in [3.05, 3.63) is 84.4 Å². The second-order valence-electron chi connectivity index (χ2n) is 8.65. The van der Waals surface area contributed by atoms with Crippen LogP contribution in [0.1, 0.15) is 25.0 Å². The van der Waals surface area contributed by atoms with Crippen LogP contribution in [0.4, 0.5) is 23.7 Å². The quantitative estimate of drug-likeness (QED) is 0.331. The summed E-state index contributed by atoms with van der Waals surface area (Å²) in [5, 5.41) is 6.96. The average Bonchev–Trinajstić information content (AvgIpc) is 3.29. The largest absolute Gasteiger partial charge is 0.573 e. The van der Waals surface area contributed by atoms with Crippen LogP contribution in [0.2, 0.25) is 0 Å². The second kappa shape index (κ2) is 10.7. The van der Waals surface area contributed by atoms with Crippen LogP contribution in [0.15, 0.2) is 73.3 Å². The number of amides is 2. The standard InChI is InChI=1S/C26H25F3N6O2/c1-17(2)34(25(36)33-21-7-9-22(10-8-21)37-26(27,28)29)16-19-5-4-6-20(11-19)23-13-31-24(14-30-23)35-15-18(3)12-32-35/h4-15,17H,16H2,1-3H3,(H,33,36). The molecule has 11 heteroatoms. The van der Waals surface area contributed by atoms with Crippen molar-refractivity contribution in [3.63, 3.8) is 0 Å². The average molecular weight is 511 g/mol. The highest BCUT2D eigenvalue weighted by molar-refractivity contribution is 5.89. The van der Waals surface area contributed by atoms with Crippen LogP contribution in [-0.4, -0.2) is 43.1 Å². The number of urea groups is 1. The van der Waals surface area contributed by atoms with Crippen LogP contribution in [0, 0.1) is 6.92 Å². The summed E-state index contributed by atoms with van der Waals surface area (Å²) >= 11 is 0. The number of carbonyl (C=O) groups is 1. The molecule has 1 N–H and O–H groups in total. The summed E-state index contributed by atoms with van der Waals surface area (Å²) in [6.45, 7) is 6.02. The fourth-order valence-corrected chi connectivity index (χ4v) is 3.58. The van der Waals surface area contributed by atoms with E-state index >= 15 is 0 Å². The minimum atomic E-state index is -4.78. The predicted molar refractivity (Wildman–Crippen MR) is 132 cm³/mol. The van der Waals surface area contributed by atoms with Crippen molar-refractivity contribution >= 4 is 11.7 Å². The number of ether oxygens (including phenoxy) is 1. The Morgan fingerprint density at radius 2 is 1.84 bits per heavy atom. The summed E-state index contributed by atoms with van der Waals surface area (Å²) in [6, 6.07) is 12.1. The molecule has 0 bridgehead atoms. The molecule has 0 fully saturated rings. The van der Waals surface area contributed by atoms with Gasteiger partial charge in [-0.15, -0.1) is 13.2 Å². The van der Waals surface area contributed by atoms with E-state index in [1.54, 1.807) is 28.2 Å². The second-order valence-corrected chi connectivity index (χ2v) is 8.65. The first-order chi connectivity index (χ1) is 17.6. The number of alkyl halides is 3. The third-order valence-corrected chi connectivity index (χ3v) is 5.38. The van der Waals surface area contributed by atoms with Gasteiger partial charge in [0.05, 0.1) is 24.3 Å². The van der Waals surface area contributed by atoms with Crippen LogP contribution >= 0.6 is 0 Å². The van der Waals surface area contributed by atoms with Crippen LogP contribution in [0.5, 0.6) is 5.75 Å². The first kappa shape index (κ1) is 25.7. The number of aromatic nitrogens is 4. The highest BCUT2D eigenvalue weighted by atomic mass is 19.4. The molecule has 0 aliphatic carbocycles. The molecule has 2 aromatic carbocycles. The minimum absolute atomic E-state index is 0.145. The van der Waals surface area contributed by atoms with Crippen LogP contribution in [0.3, 0.4) is 0 Å². The van der Waals surface area contributed by atoms with Gasteiger partial charge in [-0.25, -0.2) is 14.5 Å². The summed E-state index contributed by atoms with van der Waals surface area (Å²) in [7, 11) is 0. The Labute approximate surface area is 211 Å². The van der Waals surface area contributed by atoms with Crippen LogP contribution in [-0.2, 0) is 6.54 Å². The van der Waals surface area contributed by atoms with E-state index in [1.165, 1.54) is 12.1 Å². The molecule has 0 saturated heterocycles. The molecule has 0 atom stereocenters. The first-order valence-electron chi connectivity index (χ1n) is 11.4. The number of nitrogens with one attached hydrogen (secondary N) is 1. The number of aryl methyl sites for hydroxylation is 1. The van der Waals surface area contributed by atoms with Crippen molar-refractivity contribution in [1.29, 1.82) is 0 Å². The van der Waals surface area contributed by atoms with Gasteiger partial charge in [0, 0.05) is 30.0 Å². The zero-order chi connectivity index (χ0) is 26.6. The van der Waals surface area contributed by atoms with E-state index < -0.39 is 6.36 Å². The lowest BCUT2D eigenvalue weighted by atomic mass is 10.1. The Bertz CT molecular complexity index is 1350. The van der Waals surface area contributed by atoms with Gasteiger partial charge >= 0.3 is 12.4 Å². The number of rotatable bonds is 7. The molecule has 2 amide bonds. The van der Waals surface area contributed by atoms with Crippen molar-refractivity contribution in [2.45, 2.75) is 39.7 Å². The van der Waals surface area contributed by atoms with E-state index in [4.69, 9.17) is 0 Å². The van der Waals surface area contributed by atoms with E-state index in [2.05, 4.69) is 25.1 Å². The number of halogens is 3.